The van der Waals surface area contributed by atoms with Crippen LogP contribution < -0.4 is 4.72 Å². The van der Waals surface area contributed by atoms with E-state index in [1.54, 1.807) is 60.7 Å². The molecule has 0 radical (unpaired) electrons. The quantitative estimate of drug-likeness (QED) is 0.557. The molecule has 0 spiro atoms. The molecule has 4 aromatic rings. The molecule has 0 saturated heterocycles. The molecule has 5 nitrogen and oxygen atoms in total. The summed E-state index contributed by atoms with van der Waals surface area (Å²) < 4.78 is 45.1. The molecule has 3 aromatic carbocycles. The van der Waals surface area contributed by atoms with Crippen LogP contribution in [0.4, 0.5) is 10.1 Å². The minimum Gasteiger partial charge on any atom is -0.436 e. The molecule has 0 unspecified atom stereocenters. The molecule has 0 amide bonds. The number of nitrogens with zero attached hydrogens (tertiary/aromatic N) is 1. The predicted octanol–water partition coefficient (Wildman–Crippen LogP) is 4.67. The first-order chi connectivity index (χ1) is 12.9. The van der Waals surface area contributed by atoms with Crippen LogP contribution in [0.2, 0.25) is 0 Å². The van der Waals surface area contributed by atoms with Crippen molar-refractivity contribution in [1.82, 2.24) is 4.98 Å². The molecule has 0 aliphatic carbocycles. The molecule has 0 atom stereocenters. The lowest BCUT2D eigenvalue weighted by molar-refractivity contribution is 0.606. The highest BCUT2D eigenvalue weighted by Crippen LogP contribution is 2.30. The molecule has 0 aliphatic heterocycles. The van der Waals surface area contributed by atoms with Crippen molar-refractivity contribution in [2.75, 3.05) is 11.0 Å². The van der Waals surface area contributed by atoms with Crippen LogP contribution in [-0.4, -0.2) is 19.7 Å². The van der Waals surface area contributed by atoms with Gasteiger partial charge in [0.1, 0.15) is 11.3 Å². The third kappa shape index (κ3) is 3.68. The Morgan fingerprint density at radius 3 is 2.56 bits per heavy atom. The highest BCUT2D eigenvalue weighted by molar-refractivity contribution is 7.92. The lowest BCUT2D eigenvalue weighted by atomic mass is 10.1. The summed E-state index contributed by atoms with van der Waals surface area (Å²) in [5.41, 5.74) is 3.38. The van der Waals surface area contributed by atoms with Gasteiger partial charge in [0.15, 0.2) is 5.58 Å². The first-order valence-electron chi connectivity index (χ1n) is 8.13. The van der Waals surface area contributed by atoms with Crippen LogP contribution in [0.5, 0.6) is 0 Å². The van der Waals surface area contributed by atoms with E-state index >= 15 is 0 Å². The highest BCUT2D eigenvalue weighted by atomic mass is 32.2. The second kappa shape index (κ2) is 6.51. The Morgan fingerprint density at radius 2 is 1.78 bits per heavy atom. The Kier molecular flexibility index (Phi) is 4.16. The average Bonchev–Trinajstić information content (AvgIpc) is 3.04. The molecule has 136 valence electrons. The third-order valence-corrected chi connectivity index (χ3v) is 4.59. The van der Waals surface area contributed by atoms with Gasteiger partial charge in [-0.05, 0) is 42.0 Å². The lowest BCUT2D eigenvalue weighted by Crippen LogP contribution is -2.09. The number of aromatic nitrogens is 1. The van der Waals surface area contributed by atoms with Gasteiger partial charge in [-0.2, -0.15) is 0 Å². The number of hydrogen-bond acceptors (Lipinski definition) is 4. The van der Waals surface area contributed by atoms with Crippen molar-refractivity contribution in [3.63, 3.8) is 0 Å². The van der Waals surface area contributed by atoms with E-state index in [1.807, 2.05) is 0 Å². The maximum absolute atomic E-state index is 14.0. The Hall–Kier alpha value is -3.19. The molecular weight excluding hydrogens is 367 g/mol. The van der Waals surface area contributed by atoms with Crippen LogP contribution in [0.25, 0.3) is 33.7 Å². The molecule has 4 rings (SSSR count). The molecule has 27 heavy (non-hydrogen) atoms. The fourth-order valence-corrected chi connectivity index (χ4v) is 3.40. The van der Waals surface area contributed by atoms with E-state index in [0.29, 0.717) is 39.4 Å². The summed E-state index contributed by atoms with van der Waals surface area (Å²) in [7, 11) is -3.38. The van der Waals surface area contributed by atoms with E-state index in [1.165, 1.54) is 6.07 Å². The lowest BCUT2D eigenvalue weighted by Gasteiger charge is -2.04. The maximum Gasteiger partial charge on any atom is 0.229 e. The van der Waals surface area contributed by atoms with Crippen LogP contribution in [0, 0.1) is 5.82 Å². The van der Waals surface area contributed by atoms with E-state index in [9.17, 15) is 12.8 Å². The van der Waals surface area contributed by atoms with Crippen LogP contribution in [0.15, 0.2) is 71.1 Å². The number of rotatable bonds is 4. The smallest absolute Gasteiger partial charge is 0.229 e. The Balaban J connectivity index is 1.74. The standard InChI is InChI=1S/C20H15FN2O3S/c1-27(24,25)23-15-6-4-5-14(11-15)20-22-18-10-9-13(12-19(18)26-20)16-7-2-3-8-17(16)21/h2-12,23H,1H3. The van der Waals surface area contributed by atoms with Gasteiger partial charge in [-0.3, -0.25) is 4.72 Å². The number of sulfonamides is 1. The van der Waals surface area contributed by atoms with Crippen LogP contribution in [0.3, 0.4) is 0 Å². The Morgan fingerprint density at radius 1 is 0.963 bits per heavy atom. The van der Waals surface area contributed by atoms with Crippen LogP contribution in [-0.2, 0) is 10.0 Å². The van der Waals surface area contributed by atoms with Crippen molar-refractivity contribution in [2.24, 2.45) is 0 Å². The van der Waals surface area contributed by atoms with E-state index in [0.717, 1.165) is 6.26 Å². The molecule has 0 bridgehead atoms. The van der Waals surface area contributed by atoms with Gasteiger partial charge < -0.3 is 4.42 Å². The molecule has 7 heteroatoms. The molecule has 0 saturated carbocycles. The third-order valence-electron chi connectivity index (χ3n) is 3.99. The largest absolute Gasteiger partial charge is 0.436 e. The molecule has 0 fully saturated rings. The second-order valence-electron chi connectivity index (χ2n) is 6.14. The molecule has 1 aromatic heterocycles. The Bertz CT molecular complexity index is 1250. The van der Waals surface area contributed by atoms with E-state index in [2.05, 4.69) is 9.71 Å². The number of hydrogen-bond donors (Lipinski definition) is 1. The minimum absolute atomic E-state index is 0.309. The zero-order valence-electron chi connectivity index (χ0n) is 14.3. The number of nitrogens with one attached hydrogen (secondary N) is 1. The summed E-state index contributed by atoms with van der Waals surface area (Å²) in [6.45, 7) is 0. The number of halogens is 1. The van der Waals surface area contributed by atoms with E-state index in [-0.39, 0.29) is 5.82 Å². The normalized spacial score (nSPS) is 11.6. The van der Waals surface area contributed by atoms with Crippen molar-refractivity contribution in [2.45, 2.75) is 0 Å². The van der Waals surface area contributed by atoms with Crippen molar-refractivity contribution < 1.29 is 17.2 Å². The number of anilines is 1. The number of oxazole rings is 1. The summed E-state index contributed by atoms with van der Waals surface area (Å²) in [5.74, 6) is 0.0453. The maximum atomic E-state index is 14.0. The van der Waals surface area contributed by atoms with E-state index in [4.69, 9.17) is 4.42 Å². The van der Waals surface area contributed by atoms with Gasteiger partial charge in [0.25, 0.3) is 0 Å². The summed E-state index contributed by atoms with van der Waals surface area (Å²) in [6, 6.07) is 18.6. The summed E-state index contributed by atoms with van der Waals surface area (Å²) in [5, 5.41) is 0. The monoisotopic (exact) mass is 382 g/mol. The van der Waals surface area contributed by atoms with Gasteiger partial charge in [-0.25, -0.2) is 17.8 Å². The summed E-state index contributed by atoms with van der Waals surface area (Å²) >= 11 is 0. The first-order valence-corrected chi connectivity index (χ1v) is 10.0. The zero-order chi connectivity index (χ0) is 19.0. The van der Waals surface area contributed by atoms with Crippen LogP contribution >= 0.6 is 0 Å². The fourth-order valence-electron chi connectivity index (χ4n) is 2.84. The van der Waals surface area contributed by atoms with Gasteiger partial charge in [0.05, 0.1) is 6.26 Å². The van der Waals surface area contributed by atoms with Crippen molar-refractivity contribution >= 4 is 26.8 Å². The topological polar surface area (TPSA) is 72.2 Å². The number of fused-ring (bicyclic) bond motifs is 1. The highest BCUT2D eigenvalue weighted by Gasteiger charge is 2.12. The van der Waals surface area contributed by atoms with E-state index < -0.39 is 10.0 Å². The minimum atomic E-state index is -3.38. The number of benzene rings is 3. The van der Waals surface area contributed by atoms with Gasteiger partial charge >= 0.3 is 0 Å². The summed E-state index contributed by atoms with van der Waals surface area (Å²) in [4.78, 5) is 4.44. The van der Waals surface area contributed by atoms with Crippen molar-refractivity contribution in [1.29, 1.82) is 0 Å². The predicted molar refractivity (Wildman–Crippen MR) is 103 cm³/mol. The van der Waals surface area contributed by atoms with Gasteiger partial charge in [-0.15, -0.1) is 0 Å². The van der Waals surface area contributed by atoms with Gasteiger partial charge in [0.2, 0.25) is 15.9 Å². The molecule has 1 heterocycles. The second-order valence-corrected chi connectivity index (χ2v) is 7.88. The molecular formula is C20H15FN2O3S. The fraction of sp³-hybridized carbons (Fsp3) is 0.0500. The van der Waals surface area contributed by atoms with Crippen molar-refractivity contribution in [3.8, 4) is 22.6 Å². The Labute approximate surface area is 155 Å². The SMILES string of the molecule is CS(=O)(=O)Nc1cccc(-c2nc3ccc(-c4ccccc4F)cc3o2)c1. The first kappa shape index (κ1) is 17.2. The molecule has 1 N–H and O–H groups in total. The molecule has 0 aliphatic rings. The average molecular weight is 382 g/mol. The van der Waals surface area contributed by atoms with Gasteiger partial charge in [0, 0.05) is 16.8 Å². The summed E-state index contributed by atoms with van der Waals surface area (Å²) in [6.07, 6.45) is 1.09. The van der Waals surface area contributed by atoms with Crippen LogP contribution in [0.1, 0.15) is 0 Å². The zero-order valence-corrected chi connectivity index (χ0v) is 15.1. The van der Waals surface area contributed by atoms with Crippen molar-refractivity contribution in [3.05, 3.63) is 72.5 Å². The van der Waals surface area contributed by atoms with Gasteiger partial charge in [-0.1, -0.05) is 30.3 Å².